The summed E-state index contributed by atoms with van der Waals surface area (Å²) in [5.74, 6) is 1.37. The van der Waals surface area contributed by atoms with Gasteiger partial charge in [0.05, 0.1) is 21.5 Å². The molecule has 170 valence electrons. The van der Waals surface area contributed by atoms with Gasteiger partial charge in [0, 0.05) is 7.05 Å². The maximum atomic E-state index is 12.3. The van der Waals surface area contributed by atoms with Crippen LogP contribution in [0.3, 0.4) is 0 Å². The number of carbonyl (C=O) groups is 1. The average molecular weight is 493 g/mol. The Labute approximate surface area is 202 Å². The first kappa shape index (κ1) is 24.4. The molecule has 0 fully saturated rings. The van der Waals surface area contributed by atoms with Crippen LogP contribution < -0.4 is 10.1 Å². The van der Waals surface area contributed by atoms with E-state index in [1.165, 1.54) is 17.3 Å². The molecule has 0 bridgehead atoms. The van der Waals surface area contributed by atoms with E-state index >= 15 is 0 Å². The Morgan fingerprint density at radius 2 is 1.84 bits per heavy atom. The lowest BCUT2D eigenvalue weighted by atomic mass is 9.87. The quantitative estimate of drug-likeness (QED) is 0.392. The zero-order chi connectivity index (χ0) is 23.5. The molecule has 1 aromatic heterocycles. The van der Waals surface area contributed by atoms with E-state index in [-0.39, 0.29) is 23.2 Å². The number of nitrogens with one attached hydrogen (secondary N) is 1. The number of carbonyl (C=O) groups excluding carboxylic acids is 1. The van der Waals surface area contributed by atoms with Gasteiger partial charge in [0.2, 0.25) is 5.91 Å². The highest BCUT2D eigenvalue weighted by atomic mass is 35.5. The molecule has 3 aromatic rings. The topological polar surface area (TPSA) is 69.0 Å². The highest BCUT2D eigenvalue weighted by Crippen LogP contribution is 2.30. The zero-order valence-electron chi connectivity index (χ0n) is 18.6. The molecule has 6 nitrogen and oxygen atoms in total. The van der Waals surface area contributed by atoms with E-state index in [0.717, 1.165) is 5.75 Å². The molecule has 3 rings (SSSR count). The second-order valence-corrected chi connectivity index (χ2v) is 10.1. The molecule has 0 saturated heterocycles. The fourth-order valence-corrected chi connectivity index (χ4v) is 4.08. The van der Waals surface area contributed by atoms with Crippen molar-refractivity contribution in [3.63, 3.8) is 0 Å². The Morgan fingerprint density at radius 3 is 2.50 bits per heavy atom. The summed E-state index contributed by atoms with van der Waals surface area (Å²) in [6, 6.07) is 13.2. The van der Waals surface area contributed by atoms with E-state index in [1.54, 1.807) is 18.2 Å². The van der Waals surface area contributed by atoms with Gasteiger partial charge in [-0.15, -0.1) is 10.2 Å². The lowest BCUT2D eigenvalue weighted by Crippen LogP contribution is -2.15. The molecule has 1 N–H and O–H groups in total. The maximum Gasteiger partial charge on any atom is 0.234 e. The van der Waals surface area contributed by atoms with Crippen molar-refractivity contribution in [3.8, 4) is 5.75 Å². The van der Waals surface area contributed by atoms with Gasteiger partial charge in [-0.05, 0) is 42.2 Å². The number of aromatic nitrogens is 3. The highest BCUT2D eigenvalue weighted by molar-refractivity contribution is 7.99. The molecule has 9 heteroatoms. The summed E-state index contributed by atoms with van der Waals surface area (Å²) in [7, 11) is 1.85. The van der Waals surface area contributed by atoms with Crippen molar-refractivity contribution in [1.82, 2.24) is 14.8 Å². The Morgan fingerprint density at radius 1 is 1.16 bits per heavy atom. The number of hydrogen-bond donors (Lipinski definition) is 1. The molecule has 0 radical (unpaired) electrons. The summed E-state index contributed by atoms with van der Waals surface area (Å²) < 4.78 is 7.88. The van der Waals surface area contributed by atoms with Gasteiger partial charge in [0.25, 0.3) is 0 Å². The molecule has 0 saturated carbocycles. The van der Waals surface area contributed by atoms with Crippen LogP contribution >= 0.6 is 35.0 Å². The number of halogens is 2. The Bertz CT molecular complexity index is 1090. The Hall–Kier alpha value is -2.22. The average Bonchev–Trinajstić information content (AvgIpc) is 3.10. The molecule has 32 heavy (non-hydrogen) atoms. The summed E-state index contributed by atoms with van der Waals surface area (Å²) in [6.45, 7) is 8.44. The molecule has 1 unspecified atom stereocenters. The van der Waals surface area contributed by atoms with Crippen molar-refractivity contribution < 1.29 is 9.53 Å². The normalized spacial score (nSPS) is 12.5. The van der Waals surface area contributed by atoms with Crippen LogP contribution in [0.2, 0.25) is 10.0 Å². The maximum absolute atomic E-state index is 12.3. The van der Waals surface area contributed by atoms with E-state index in [4.69, 9.17) is 27.9 Å². The van der Waals surface area contributed by atoms with Crippen LogP contribution in [-0.4, -0.2) is 26.4 Å². The molecule has 0 aliphatic carbocycles. The number of nitrogens with zero attached hydrogens (tertiary/aromatic N) is 3. The van der Waals surface area contributed by atoms with Crippen LogP contribution in [0.1, 0.15) is 45.2 Å². The van der Waals surface area contributed by atoms with E-state index in [9.17, 15) is 4.79 Å². The molecule has 1 heterocycles. The fraction of sp³-hybridized carbons (Fsp3) is 0.348. The van der Waals surface area contributed by atoms with Gasteiger partial charge in [-0.3, -0.25) is 4.79 Å². The van der Waals surface area contributed by atoms with Gasteiger partial charge < -0.3 is 14.6 Å². The summed E-state index contributed by atoms with van der Waals surface area (Å²) in [5.41, 5.74) is 1.81. The molecule has 0 aliphatic rings. The Balaban J connectivity index is 1.59. The molecule has 0 spiro atoms. The molecule has 1 amide bonds. The molecule has 0 aliphatic heterocycles. The third kappa shape index (κ3) is 5.97. The summed E-state index contributed by atoms with van der Waals surface area (Å²) in [4.78, 5) is 12.3. The van der Waals surface area contributed by atoms with Gasteiger partial charge in [0.15, 0.2) is 17.1 Å². The second-order valence-electron chi connectivity index (χ2n) is 8.37. The molecule has 2 aromatic carbocycles. The predicted octanol–water partition coefficient (Wildman–Crippen LogP) is 6.29. The number of benzene rings is 2. The highest BCUT2D eigenvalue weighted by Gasteiger charge is 2.19. The molecule has 1 atom stereocenters. The van der Waals surface area contributed by atoms with Gasteiger partial charge in [-0.25, -0.2) is 0 Å². The number of amides is 1. The van der Waals surface area contributed by atoms with Gasteiger partial charge >= 0.3 is 0 Å². The first-order valence-corrected chi connectivity index (χ1v) is 11.8. The zero-order valence-corrected chi connectivity index (χ0v) is 21.0. The van der Waals surface area contributed by atoms with Crippen molar-refractivity contribution in [2.75, 3.05) is 11.1 Å². The van der Waals surface area contributed by atoms with E-state index < -0.39 is 0 Å². The third-order valence-corrected chi connectivity index (χ3v) is 6.66. The van der Waals surface area contributed by atoms with Crippen molar-refractivity contribution in [2.45, 2.75) is 44.4 Å². The monoisotopic (exact) mass is 492 g/mol. The van der Waals surface area contributed by atoms with Crippen molar-refractivity contribution in [2.24, 2.45) is 7.05 Å². The van der Waals surface area contributed by atoms with E-state index in [2.05, 4.69) is 48.4 Å². The van der Waals surface area contributed by atoms with E-state index in [1.807, 2.05) is 30.7 Å². The smallest absolute Gasteiger partial charge is 0.234 e. The first-order valence-electron chi connectivity index (χ1n) is 10.1. The van der Waals surface area contributed by atoms with Crippen LogP contribution in [0.4, 0.5) is 5.69 Å². The molecular weight excluding hydrogens is 467 g/mol. The van der Waals surface area contributed by atoms with Crippen LogP contribution in [0.5, 0.6) is 5.75 Å². The predicted molar refractivity (Wildman–Crippen MR) is 131 cm³/mol. The lowest BCUT2D eigenvalue weighted by Gasteiger charge is -2.20. The minimum atomic E-state index is -0.304. The van der Waals surface area contributed by atoms with Gasteiger partial charge in [-0.1, -0.05) is 73.9 Å². The van der Waals surface area contributed by atoms with Gasteiger partial charge in [-0.2, -0.15) is 0 Å². The number of ether oxygens (including phenoxy) is 1. The third-order valence-electron chi connectivity index (χ3n) is 4.82. The lowest BCUT2D eigenvalue weighted by molar-refractivity contribution is -0.113. The number of hydrogen-bond acceptors (Lipinski definition) is 5. The summed E-state index contributed by atoms with van der Waals surface area (Å²) in [6.07, 6.45) is -0.304. The SMILES string of the molecule is CC(Oc1ccc(C(C)(C)C)cc1)c1nnc(SCC(=O)Nc2cccc(Cl)c2Cl)n1C. The number of anilines is 1. The van der Waals surface area contributed by atoms with Crippen molar-refractivity contribution in [3.05, 3.63) is 63.9 Å². The molecular formula is C23H26Cl2N4O2S. The van der Waals surface area contributed by atoms with Crippen LogP contribution in [0.25, 0.3) is 0 Å². The fourth-order valence-electron chi connectivity index (χ4n) is 3.01. The van der Waals surface area contributed by atoms with Crippen molar-refractivity contribution in [1.29, 1.82) is 0 Å². The van der Waals surface area contributed by atoms with Crippen LogP contribution in [0.15, 0.2) is 47.6 Å². The largest absolute Gasteiger partial charge is 0.483 e. The van der Waals surface area contributed by atoms with Crippen LogP contribution in [-0.2, 0) is 17.3 Å². The minimum Gasteiger partial charge on any atom is -0.483 e. The van der Waals surface area contributed by atoms with Gasteiger partial charge in [0.1, 0.15) is 5.75 Å². The summed E-state index contributed by atoms with van der Waals surface area (Å²) >= 11 is 13.4. The summed E-state index contributed by atoms with van der Waals surface area (Å²) in [5, 5.41) is 12.5. The van der Waals surface area contributed by atoms with Crippen molar-refractivity contribution >= 4 is 46.6 Å². The first-order chi connectivity index (χ1) is 15.1. The number of rotatable bonds is 7. The Kier molecular flexibility index (Phi) is 7.75. The minimum absolute atomic E-state index is 0.0876. The van der Waals surface area contributed by atoms with E-state index in [0.29, 0.717) is 26.7 Å². The van der Waals surface area contributed by atoms with Crippen LogP contribution in [0, 0.1) is 0 Å². The second kappa shape index (κ2) is 10.1. The standard InChI is InChI=1S/C23H26Cl2N4O2S/c1-14(31-16-11-9-15(10-12-16)23(2,3)4)21-27-28-22(29(21)5)32-13-19(30)26-18-8-6-7-17(24)20(18)25/h6-12,14H,13H2,1-5H3,(H,26,30). The number of thioether (sulfide) groups is 1.